The Morgan fingerprint density at radius 2 is 1.83 bits per heavy atom. The Morgan fingerprint density at radius 3 is 2.39 bits per heavy atom. The van der Waals surface area contributed by atoms with E-state index in [4.69, 9.17) is 5.73 Å². The molecule has 0 aromatic rings. The van der Waals surface area contributed by atoms with Gasteiger partial charge in [-0.15, -0.1) is 0 Å². The van der Waals surface area contributed by atoms with Crippen molar-refractivity contribution in [3.8, 4) is 0 Å². The van der Waals surface area contributed by atoms with Crippen molar-refractivity contribution in [1.82, 2.24) is 4.90 Å². The van der Waals surface area contributed by atoms with Gasteiger partial charge in [0, 0.05) is 19.5 Å². The summed E-state index contributed by atoms with van der Waals surface area (Å²) in [5, 5.41) is 9.47. The molecule has 1 aliphatic carbocycles. The molecule has 0 radical (unpaired) electrons. The lowest BCUT2D eigenvalue weighted by Crippen LogP contribution is -2.44. The number of nitrogens with two attached hydrogens (primary N) is 1. The Labute approximate surface area is 110 Å². The number of carbonyl (C=O) groups is 1. The highest BCUT2D eigenvalue weighted by Crippen LogP contribution is 2.38. The van der Waals surface area contributed by atoms with Crippen LogP contribution in [0.2, 0.25) is 0 Å². The van der Waals surface area contributed by atoms with E-state index in [2.05, 4.69) is 0 Å². The Hall–Kier alpha value is -0.610. The number of nitrogens with zero attached hydrogens (tertiary/aromatic N) is 1. The zero-order valence-corrected chi connectivity index (χ0v) is 11.2. The van der Waals surface area contributed by atoms with Gasteiger partial charge in [0.2, 0.25) is 5.91 Å². The van der Waals surface area contributed by atoms with Gasteiger partial charge in [-0.25, -0.2) is 0 Å². The first-order valence-corrected chi connectivity index (χ1v) is 7.31. The van der Waals surface area contributed by atoms with Gasteiger partial charge in [-0.1, -0.05) is 19.3 Å². The molecule has 4 nitrogen and oxygen atoms in total. The van der Waals surface area contributed by atoms with Crippen molar-refractivity contribution < 1.29 is 9.90 Å². The van der Waals surface area contributed by atoms with E-state index in [1.54, 1.807) is 0 Å². The standard InChI is InChI=1S/C14H26N2O2/c15-11-14(6-2-1-3-7-14)10-13(18)16-8-4-12(17)5-9-16/h12,17H,1-11,15H2. The van der Waals surface area contributed by atoms with Crippen LogP contribution in [0.1, 0.15) is 51.4 Å². The molecule has 1 heterocycles. The number of hydrogen-bond donors (Lipinski definition) is 2. The van der Waals surface area contributed by atoms with Crippen molar-refractivity contribution in [1.29, 1.82) is 0 Å². The zero-order valence-electron chi connectivity index (χ0n) is 11.2. The predicted molar refractivity (Wildman–Crippen MR) is 71.0 cm³/mol. The average molecular weight is 254 g/mol. The van der Waals surface area contributed by atoms with E-state index in [0.29, 0.717) is 26.1 Å². The molecule has 0 unspecified atom stereocenters. The minimum atomic E-state index is -0.216. The smallest absolute Gasteiger partial charge is 0.223 e. The quantitative estimate of drug-likeness (QED) is 0.797. The van der Waals surface area contributed by atoms with Gasteiger partial charge in [0.1, 0.15) is 0 Å². The highest BCUT2D eigenvalue weighted by Gasteiger charge is 2.35. The molecule has 2 aliphatic rings. The molecule has 1 saturated heterocycles. The minimum absolute atomic E-state index is 0.0609. The summed E-state index contributed by atoms with van der Waals surface area (Å²) in [5.74, 6) is 0.245. The van der Waals surface area contributed by atoms with Gasteiger partial charge in [-0.05, 0) is 37.6 Å². The van der Waals surface area contributed by atoms with E-state index in [1.807, 2.05) is 4.90 Å². The van der Waals surface area contributed by atoms with E-state index < -0.39 is 0 Å². The van der Waals surface area contributed by atoms with Crippen molar-refractivity contribution in [2.24, 2.45) is 11.1 Å². The molecule has 0 spiro atoms. The lowest BCUT2D eigenvalue weighted by Gasteiger charge is -2.38. The molecular formula is C14H26N2O2. The number of rotatable bonds is 3. The molecule has 2 fully saturated rings. The van der Waals surface area contributed by atoms with Crippen LogP contribution >= 0.6 is 0 Å². The summed E-state index contributed by atoms with van der Waals surface area (Å²) in [6.45, 7) is 2.05. The van der Waals surface area contributed by atoms with Gasteiger partial charge >= 0.3 is 0 Å². The van der Waals surface area contributed by atoms with Crippen LogP contribution in [0, 0.1) is 5.41 Å². The van der Waals surface area contributed by atoms with Crippen molar-refractivity contribution in [2.45, 2.75) is 57.5 Å². The molecule has 3 N–H and O–H groups in total. The number of aliphatic hydroxyl groups is 1. The third kappa shape index (κ3) is 3.23. The van der Waals surface area contributed by atoms with E-state index >= 15 is 0 Å². The zero-order chi connectivity index (χ0) is 13.0. The molecule has 0 bridgehead atoms. The van der Waals surface area contributed by atoms with Gasteiger partial charge in [0.15, 0.2) is 0 Å². The number of hydrogen-bond acceptors (Lipinski definition) is 3. The Morgan fingerprint density at radius 1 is 1.22 bits per heavy atom. The van der Waals surface area contributed by atoms with Crippen LogP contribution in [0.3, 0.4) is 0 Å². The molecule has 0 aromatic carbocycles. The van der Waals surface area contributed by atoms with Gasteiger partial charge in [-0.2, -0.15) is 0 Å². The van der Waals surface area contributed by atoms with Crippen LogP contribution in [-0.2, 0) is 4.79 Å². The summed E-state index contributed by atoms with van der Waals surface area (Å²) in [4.78, 5) is 14.2. The fraction of sp³-hybridized carbons (Fsp3) is 0.929. The van der Waals surface area contributed by atoms with Crippen LogP contribution in [0.15, 0.2) is 0 Å². The maximum absolute atomic E-state index is 12.3. The maximum Gasteiger partial charge on any atom is 0.223 e. The highest BCUT2D eigenvalue weighted by molar-refractivity contribution is 5.77. The lowest BCUT2D eigenvalue weighted by molar-refractivity contribution is -0.136. The Kier molecular flexibility index (Phi) is 4.62. The van der Waals surface area contributed by atoms with Gasteiger partial charge < -0.3 is 15.7 Å². The fourth-order valence-electron chi connectivity index (χ4n) is 3.30. The third-order valence-corrected chi connectivity index (χ3v) is 4.69. The van der Waals surface area contributed by atoms with E-state index in [0.717, 1.165) is 25.7 Å². The highest BCUT2D eigenvalue weighted by atomic mass is 16.3. The molecule has 18 heavy (non-hydrogen) atoms. The van der Waals surface area contributed by atoms with Gasteiger partial charge in [0.25, 0.3) is 0 Å². The Balaban J connectivity index is 1.89. The number of piperidine rings is 1. The van der Waals surface area contributed by atoms with E-state index in [-0.39, 0.29) is 17.4 Å². The van der Waals surface area contributed by atoms with Crippen molar-refractivity contribution in [3.05, 3.63) is 0 Å². The van der Waals surface area contributed by atoms with E-state index in [1.165, 1.54) is 19.3 Å². The normalized spacial score (nSPS) is 25.1. The van der Waals surface area contributed by atoms with Crippen LogP contribution in [0.4, 0.5) is 0 Å². The van der Waals surface area contributed by atoms with Crippen molar-refractivity contribution in [2.75, 3.05) is 19.6 Å². The molecule has 2 rings (SSSR count). The molecule has 1 aliphatic heterocycles. The molecular weight excluding hydrogens is 228 g/mol. The largest absolute Gasteiger partial charge is 0.393 e. The van der Waals surface area contributed by atoms with Crippen LogP contribution < -0.4 is 5.73 Å². The molecule has 0 atom stereocenters. The number of amides is 1. The molecule has 4 heteroatoms. The molecule has 1 amide bonds. The number of likely N-dealkylation sites (tertiary alicyclic amines) is 1. The maximum atomic E-state index is 12.3. The second-order valence-corrected chi connectivity index (χ2v) is 6.05. The first-order chi connectivity index (χ1) is 8.65. The van der Waals surface area contributed by atoms with E-state index in [9.17, 15) is 9.90 Å². The topological polar surface area (TPSA) is 66.6 Å². The first kappa shape index (κ1) is 13.8. The summed E-state index contributed by atoms with van der Waals surface area (Å²) in [5.41, 5.74) is 5.99. The second-order valence-electron chi connectivity index (χ2n) is 6.05. The van der Waals surface area contributed by atoms with Crippen LogP contribution in [0.25, 0.3) is 0 Å². The van der Waals surface area contributed by atoms with Gasteiger partial charge in [0.05, 0.1) is 6.10 Å². The van der Waals surface area contributed by atoms with Crippen LogP contribution in [0.5, 0.6) is 0 Å². The Bertz CT molecular complexity index is 280. The van der Waals surface area contributed by atoms with Gasteiger partial charge in [-0.3, -0.25) is 4.79 Å². The summed E-state index contributed by atoms with van der Waals surface area (Å²) in [7, 11) is 0. The predicted octanol–water partition coefficient (Wildman–Crippen LogP) is 1.27. The molecule has 104 valence electrons. The summed E-state index contributed by atoms with van der Waals surface area (Å²) in [6, 6.07) is 0. The molecule has 1 saturated carbocycles. The fourth-order valence-corrected chi connectivity index (χ4v) is 3.30. The SMILES string of the molecule is NCC1(CC(=O)N2CCC(O)CC2)CCCCC1. The number of carbonyl (C=O) groups excluding carboxylic acids is 1. The first-order valence-electron chi connectivity index (χ1n) is 7.31. The minimum Gasteiger partial charge on any atom is -0.393 e. The molecule has 0 aromatic heterocycles. The van der Waals surface area contributed by atoms with Crippen molar-refractivity contribution in [3.63, 3.8) is 0 Å². The summed E-state index contributed by atoms with van der Waals surface area (Å²) >= 11 is 0. The van der Waals surface area contributed by atoms with Crippen LogP contribution in [-0.4, -0.2) is 41.7 Å². The summed E-state index contributed by atoms with van der Waals surface area (Å²) in [6.07, 6.45) is 7.75. The number of aliphatic hydroxyl groups excluding tert-OH is 1. The average Bonchev–Trinajstić information content (AvgIpc) is 2.40. The summed E-state index contributed by atoms with van der Waals surface area (Å²) < 4.78 is 0. The monoisotopic (exact) mass is 254 g/mol. The second kappa shape index (κ2) is 6.02. The third-order valence-electron chi connectivity index (χ3n) is 4.69. The lowest BCUT2D eigenvalue weighted by atomic mass is 9.71. The van der Waals surface area contributed by atoms with Crippen molar-refractivity contribution >= 4 is 5.91 Å².